The van der Waals surface area contributed by atoms with E-state index in [4.69, 9.17) is 0 Å². The van der Waals surface area contributed by atoms with Gasteiger partial charge in [-0.05, 0) is 0 Å². The Morgan fingerprint density at radius 2 is 0.919 bits per heavy atom. The highest BCUT2D eigenvalue weighted by molar-refractivity contribution is 6.13. The molecule has 6 amide bonds. The highest BCUT2D eigenvalue weighted by Gasteiger charge is 2.33. The van der Waals surface area contributed by atoms with Crippen LogP contribution in [0.2, 0.25) is 0 Å². The molecule has 0 atom stereocenters. The summed E-state index contributed by atoms with van der Waals surface area (Å²) in [7, 11) is 0. The van der Waals surface area contributed by atoms with E-state index in [-0.39, 0.29) is 73.5 Å². The van der Waals surface area contributed by atoms with Gasteiger partial charge in [0.25, 0.3) is 11.8 Å². The van der Waals surface area contributed by atoms with Crippen molar-refractivity contribution in [3.63, 3.8) is 0 Å². The fourth-order valence-electron chi connectivity index (χ4n) is 3.68. The van der Waals surface area contributed by atoms with E-state index in [0.717, 1.165) is 36.0 Å². The Morgan fingerprint density at radius 1 is 0.595 bits per heavy atom. The lowest BCUT2D eigenvalue weighted by molar-refractivity contribution is -0.140. The van der Waals surface area contributed by atoms with E-state index in [0.29, 0.717) is 26.2 Å². The van der Waals surface area contributed by atoms with Crippen molar-refractivity contribution in [3.8, 4) is 0 Å². The average Bonchev–Trinajstić information content (AvgIpc) is 3.25. The normalized spacial score (nSPS) is 15.8. The van der Waals surface area contributed by atoms with Gasteiger partial charge in [0, 0.05) is 89.4 Å². The summed E-state index contributed by atoms with van der Waals surface area (Å²) in [5.41, 5.74) is 0.527. The third kappa shape index (κ3) is 10.2. The maximum Gasteiger partial charge on any atom is 0.256 e. The lowest BCUT2D eigenvalue weighted by atomic mass is 10.3. The summed E-state index contributed by atoms with van der Waals surface area (Å²) < 4.78 is 0. The van der Waals surface area contributed by atoms with Crippen LogP contribution in [0.3, 0.4) is 0 Å². The fourth-order valence-corrected chi connectivity index (χ4v) is 3.68. The van der Waals surface area contributed by atoms with Crippen LogP contribution in [0.15, 0.2) is 24.3 Å². The summed E-state index contributed by atoms with van der Waals surface area (Å²) in [6.07, 6.45) is 0.192. The third-order valence-corrected chi connectivity index (χ3v) is 5.76. The van der Waals surface area contributed by atoms with Crippen molar-refractivity contribution in [3.05, 3.63) is 24.3 Å². The maximum absolute atomic E-state index is 11.9. The molecule has 37 heavy (non-hydrogen) atoms. The Hall–Kier alpha value is -3.42. The van der Waals surface area contributed by atoms with Crippen LogP contribution >= 0.6 is 0 Å². The number of carbonyl (C=O) groups is 6. The molecule has 2 fully saturated rings. The highest BCUT2D eigenvalue weighted by Crippen LogP contribution is 2.17. The van der Waals surface area contributed by atoms with E-state index in [9.17, 15) is 28.8 Å². The first-order chi connectivity index (χ1) is 17.7. The van der Waals surface area contributed by atoms with Crippen LogP contribution in [-0.4, -0.2) is 111 Å². The highest BCUT2D eigenvalue weighted by atomic mass is 16.2. The van der Waals surface area contributed by atoms with E-state index >= 15 is 0 Å². The topological polar surface area (TPSA) is 169 Å². The Bertz CT molecular complexity index is 847. The molecular formula is C24H37N7O6. The van der Waals surface area contributed by atoms with Crippen molar-refractivity contribution < 1.29 is 28.8 Å². The molecule has 0 bridgehead atoms. The van der Waals surface area contributed by atoms with E-state index in [1.54, 1.807) is 0 Å². The first-order valence-corrected chi connectivity index (χ1v) is 12.4. The molecule has 0 aliphatic carbocycles. The summed E-state index contributed by atoms with van der Waals surface area (Å²) >= 11 is 0. The second-order valence-electron chi connectivity index (χ2n) is 8.71. The maximum atomic E-state index is 11.9. The summed E-state index contributed by atoms with van der Waals surface area (Å²) in [5, 5.41) is 15.1. The molecule has 5 N–H and O–H groups in total. The van der Waals surface area contributed by atoms with Gasteiger partial charge in [-0.25, -0.2) is 0 Å². The number of carbonyl (C=O) groups excluding carboxylic acids is 6. The molecule has 0 spiro atoms. The predicted molar refractivity (Wildman–Crippen MR) is 135 cm³/mol. The second kappa shape index (κ2) is 15.6. The minimum atomic E-state index is -0.399. The van der Waals surface area contributed by atoms with Crippen molar-refractivity contribution in [1.29, 1.82) is 0 Å². The SMILES string of the molecule is C=C1CC(=O)N(CCC(=O)NCCNCCNCCNCCNC(=O)CCN2C(=O)CC(=C)C2=O)C1=O. The van der Waals surface area contributed by atoms with Gasteiger partial charge in [0.2, 0.25) is 23.6 Å². The Balaban J connectivity index is 1.34. The number of likely N-dealkylation sites (tertiary alicyclic amines) is 2. The number of amides is 6. The van der Waals surface area contributed by atoms with Gasteiger partial charge in [0.15, 0.2) is 0 Å². The zero-order valence-corrected chi connectivity index (χ0v) is 21.2. The van der Waals surface area contributed by atoms with Gasteiger partial charge < -0.3 is 26.6 Å². The van der Waals surface area contributed by atoms with Crippen molar-refractivity contribution >= 4 is 35.4 Å². The number of hydrogen-bond donors (Lipinski definition) is 5. The first-order valence-electron chi connectivity index (χ1n) is 12.4. The molecule has 2 aliphatic heterocycles. The second-order valence-corrected chi connectivity index (χ2v) is 8.71. The molecule has 0 saturated carbocycles. The molecule has 2 saturated heterocycles. The minimum absolute atomic E-state index is 0.0267. The zero-order chi connectivity index (χ0) is 27.2. The molecule has 0 unspecified atom stereocenters. The molecule has 0 aromatic heterocycles. The number of nitrogens with one attached hydrogen (secondary N) is 5. The fraction of sp³-hybridized carbons (Fsp3) is 0.583. The van der Waals surface area contributed by atoms with Crippen molar-refractivity contribution in [2.45, 2.75) is 25.7 Å². The standard InChI is InChI=1S/C24H37N7O6/c1-17-15-21(34)30(23(17)36)13-3-19(32)28-11-9-26-7-5-25-6-8-27-10-12-29-20(33)4-14-31-22(35)16-18(2)24(31)37/h25-27H,1-16H2,(H,28,32)(H,29,33). The molecule has 0 radical (unpaired) electrons. The number of nitrogens with zero attached hydrogens (tertiary/aromatic N) is 2. The van der Waals surface area contributed by atoms with Crippen LogP contribution in [0.5, 0.6) is 0 Å². The van der Waals surface area contributed by atoms with E-state index in [1.807, 2.05) is 0 Å². The molecule has 2 rings (SSSR count). The van der Waals surface area contributed by atoms with Gasteiger partial charge >= 0.3 is 0 Å². The lowest BCUT2D eigenvalue weighted by Gasteiger charge is -2.13. The minimum Gasteiger partial charge on any atom is -0.355 e. The van der Waals surface area contributed by atoms with E-state index < -0.39 is 11.8 Å². The molecule has 2 aliphatic rings. The number of hydrogen-bond acceptors (Lipinski definition) is 9. The van der Waals surface area contributed by atoms with Crippen molar-refractivity contribution in [2.24, 2.45) is 0 Å². The van der Waals surface area contributed by atoms with Gasteiger partial charge in [-0.3, -0.25) is 38.6 Å². The van der Waals surface area contributed by atoms with Crippen LogP contribution in [0.4, 0.5) is 0 Å². The molecule has 0 aromatic rings. The van der Waals surface area contributed by atoms with Gasteiger partial charge in [-0.15, -0.1) is 0 Å². The largest absolute Gasteiger partial charge is 0.355 e. The predicted octanol–water partition coefficient (Wildman–Crippen LogP) is -2.60. The zero-order valence-electron chi connectivity index (χ0n) is 21.2. The molecule has 0 aromatic carbocycles. The third-order valence-electron chi connectivity index (χ3n) is 5.76. The summed E-state index contributed by atoms with van der Waals surface area (Å²) in [6.45, 7) is 12.2. The Morgan fingerprint density at radius 3 is 1.22 bits per heavy atom. The lowest BCUT2D eigenvalue weighted by Crippen LogP contribution is -2.39. The molecule has 2 heterocycles. The quantitative estimate of drug-likeness (QED) is 0.0740. The summed E-state index contributed by atoms with van der Waals surface area (Å²) in [4.78, 5) is 72.6. The number of rotatable bonds is 18. The van der Waals surface area contributed by atoms with Crippen LogP contribution in [0.25, 0.3) is 0 Å². The molecular weight excluding hydrogens is 482 g/mol. The smallest absolute Gasteiger partial charge is 0.256 e. The van der Waals surface area contributed by atoms with Gasteiger partial charge in [-0.1, -0.05) is 13.2 Å². The molecule has 13 heteroatoms. The number of imide groups is 2. The molecule has 13 nitrogen and oxygen atoms in total. The van der Waals surface area contributed by atoms with Crippen LogP contribution in [-0.2, 0) is 28.8 Å². The van der Waals surface area contributed by atoms with Crippen molar-refractivity contribution in [1.82, 2.24) is 36.4 Å². The van der Waals surface area contributed by atoms with Crippen LogP contribution in [0.1, 0.15) is 25.7 Å². The summed E-state index contributed by atoms with van der Waals surface area (Å²) in [5.74, 6) is -1.86. The van der Waals surface area contributed by atoms with E-state index in [2.05, 4.69) is 39.7 Å². The average molecular weight is 520 g/mol. The van der Waals surface area contributed by atoms with E-state index in [1.165, 1.54) is 0 Å². The monoisotopic (exact) mass is 519 g/mol. The van der Waals surface area contributed by atoms with Gasteiger partial charge in [0.05, 0.1) is 12.8 Å². The van der Waals surface area contributed by atoms with Gasteiger partial charge in [-0.2, -0.15) is 0 Å². The van der Waals surface area contributed by atoms with Crippen LogP contribution < -0.4 is 26.6 Å². The molecule has 204 valence electrons. The van der Waals surface area contributed by atoms with Crippen LogP contribution in [0, 0.1) is 0 Å². The first kappa shape index (κ1) is 29.8. The van der Waals surface area contributed by atoms with Gasteiger partial charge in [0.1, 0.15) is 0 Å². The Labute approximate surface area is 216 Å². The Kier molecular flexibility index (Phi) is 12.6. The summed E-state index contributed by atoms with van der Waals surface area (Å²) in [6, 6.07) is 0. The van der Waals surface area contributed by atoms with Crippen molar-refractivity contribution in [2.75, 3.05) is 65.4 Å².